The number of carbonyl (C=O) groups is 1. The summed E-state index contributed by atoms with van der Waals surface area (Å²) in [6.07, 6.45) is -0.0251. The topological polar surface area (TPSA) is 86.5 Å². The van der Waals surface area contributed by atoms with Crippen LogP contribution in [-0.2, 0) is 19.4 Å². The van der Waals surface area contributed by atoms with Gasteiger partial charge in [-0.3, -0.25) is 4.79 Å². The SMILES string of the molecule is COC(=O)CC1(N)CS(=O)(=O)C1.Cl. The van der Waals surface area contributed by atoms with Crippen molar-refractivity contribution in [1.82, 2.24) is 0 Å². The van der Waals surface area contributed by atoms with Gasteiger partial charge in [-0.15, -0.1) is 12.4 Å². The lowest BCUT2D eigenvalue weighted by Gasteiger charge is -2.36. The van der Waals surface area contributed by atoms with Crippen LogP contribution in [-0.4, -0.2) is 38.5 Å². The van der Waals surface area contributed by atoms with E-state index in [0.29, 0.717) is 0 Å². The predicted molar refractivity (Wildman–Crippen MR) is 49.5 cm³/mol. The van der Waals surface area contributed by atoms with Crippen LogP contribution in [0.1, 0.15) is 6.42 Å². The molecular formula is C6H12ClNO4S. The molecule has 1 fully saturated rings. The average molecular weight is 230 g/mol. The number of nitrogens with two attached hydrogens (primary N) is 1. The number of sulfone groups is 1. The van der Waals surface area contributed by atoms with Crippen molar-refractivity contribution in [3.63, 3.8) is 0 Å². The van der Waals surface area contributed by atoms with Crippen molar-refractivity contribution in [3.8, 4) is 0 Å². The molecule has 0 atom stereocenters. The van der Waals surface area contributed by atoms with Crippen molar-refractivity contribution in [3.05, 3.63) is 0 Å². The number of hydrogen-bond acceptors (Lipinski definition) is 5. The molecule has 1 aliphatic rings. The third-order valence-corrected chi connectivity index (χ3v) is 3.77. The van der Waals surface area contributed by atoms with E-state index in [1.807, 2.05) is 0 Å². The predicted octanol–water partition coefficient (Wildman–Crippen LogP) is -0.903. The van der Waals surface area contributed by atoms with Crippen LogP contribution in [0.4, 0.5) is 0 Å². The highest BCUT2D eigenvalue weighted by molar-refractivity contribution is 7.93. The number of ether oxygens (including phenoxy) is 1. The average Bonchev–Trinajstić information content (AvgIpc) is 1.82. The molecule has 1 aliphatic heterocycles. The maximum atomic E-state index is 10.7. The number of methoxy groups -OCH3 is 1. The van der Waals surface area contributed by atoms with Crippen molar-refractivity contribution in [2.75, 3.05) is 18.6 Å². The van der Waals surface area contributed by atoms with E-state index in [-0.39, 0.29) is 30.3 Å². The van der Waals surface area contributed by atoms with Gasteiger partial charge in [0.05, 0.1) is 30.6 Å². The first-order valence-electron chi connectivity index (χ1n) is 3.43. The molecule has 0 saturated carbocycles. The lowest BCUT2D eigenvalue weighted by molar-refractivity contribution is -0.141. The second-order valence-electron chi connectivity index (χ2n) is 3.15. The van der Waals surface area contributed by atoms with E-state index in [9.17, 15) is 13.2 Å². The minimum Gasteiger partial charge on any atom is -0.469 e. The van der Waals surface area contributed by atoms with E-state index < -0.39 is 21.3 Å². The summed E-state index contributed by atoms with van der Waals surface area (Å²) in [5.41, 5.74) is 4.69. The zero-order valence-electron chi connectivity index (χ0n) is 7.15. The van der Waals surface area contributed by atoms with Crippen LogP contribution in [0, 0.1) is 0 Å². The zero-order chi connectivity index (χ0) is 9.41. The fourth-order valence-electron chi connectivity index (χ4n) is 1.30. The van der Waals surface area contributed by atoms with Crippen LogP contribution < -0.4 is 5.73 Å². The lowest BCUT2D eigenvalue weighted by Crippen LogP contribution is -2.62. The van der Waals surface area contributed by atoms with Gasteiger partial charge >= 0.3 is 5.97 Å². The van der Waals surface area contributed by atoms with Crippen molar-refractivity contribution < 1.29 is 17.9 Å². The van der Waals surface area contributed by atoms with Gasteiger partial charge in [0, 0.05) is 0 Å². The van der Waals surface area contributed by atoms with Crippen molar-refractivity contribution in [2.45, 2.75) is 12.0 Å². The van der Waals surface area contributed by atoms with Gasteiger partial charge in [-0.1, -0.05) is 0 Å². The fourth-order valence-corrected chi connectivity index (χ4v) is 3.17. The minimum atomic E-state index is -2.98. The molecule has 0 unspecified atom stereocenters. The van der Waals surface area contributed by atoms with Gasteiger partial charge in [0.15, 0.2) is 9.84 Å². The first-order valence-corrected chi connectivity index (χ1v) is 5.25. The van der Waals surface area contributed by atoms with Crippen LogP contribution in [0.5, 0.6) is 0 Å². The van der Waals surface area contributed by atoms with E-state index in [4.69, 9.17) is 5.73 Å². The van der Waals surface area contributed by atoms with Crippen molar-refractivity contribution >= 4 is 28.2 Å². The second-order valence-corrected chi connectivity index (χ2v) is 5.21. The molecule has 0 radical (unpaired) electrons. The summed E-state index contributed by atoms with van der Waals surface area (Å²) < 4.78 is 25.9. The Morgan fingerprint density at radius 3 is 2.31 bits per heavy atom. The second kappa shape index (κ2) is 3.81. The Morgan fingerprint density at radius 2 is 2.00 bits per heavy atom. The van der Waals surface area contributed by atoms with E-state index >= 15 is 0 Å². The van der Waals surface area contributed by atoms with Crippen molar-refractivity contribution in [2.24, 2.45) is 5.73 Å². The molecule has 0 amide bonds. The summed E-state index contributed by atoms with van der Waals surface area (Å²) in [5, 5.41) is 0. The largest absolute Gasteiger partial charge is 0.469 e. The number of esters is 1. The van der Waals surface area contributed by atoms with Gasteiger partial charge in [-0.25, -0.2) is 8.42 Å². The normalized spacial score (nSPS) is 22.3. The standard InChI is InChI=1S/C6H11NO4S.ClH/c1-11-5(8)2-6(7)3-12(9,10)4-6;/h2-4,7H2,1H3;1H. The molecule has 0 bridgehead atoms. The summed E-state index contributed by atoms with van der Waals surface area (Å²) in [6, 6.07) is 0. The Bertz CT molecular complexity index is 288. The van der Waals surface area contributed by atoms with E-state index in [0.717, 1.165) is 0 Å². The number of rotatable bonds is 2. The van der Waals surface area contributed by atoms with Gasteiger partial charge in [-0.05, 0) is 0 Å². The maximum absolute atomic E-state index is 10.7. The van der Waals surface area contributed by atoms with Gasteiger partial charge in [0.2, 0.25) is 0 Å². The molecule has 0 spiro atoms. The van der Waals surface area contributed by atoms with E-state index in [1.54, 1.807) is 0 Å². The Labute approximate surface area is 83.0 Å². The Balaban J connectivity index is 0.00000144. The molecule has 1 saturated heterocycles. The molecule has 0 aromatic rings. The molecule has 0 aliphatic carbocycles. The molecule has 2 N–H and O–H groups in total. The molecule has 7 heteroatoms. The third-order valence-electron chi connectivity index (χ3n) is 1.74. The quantitative estimate of drug-likeness (QED) is 0.620. The fraction of sp³-hybridized carbons (Fsp3) is 0.833. The summed E-state index contributed by atoms with van der Waals surface area (Å²) >= 11 is 0. The van der Waals surface area contributed by atoms with Gasteiger partial charge in [0.25, 0.3) is 0 Å². The number of hydrogen-bond donors (Lipinski definition) is 1. The van der Waals surface area contributed by atoms with Gasteiger partial charge in [-0.2, -0.15) is 0 Å². The summed E-state index contributed by atoms with van der Waals surface area (Å²) in [5.74, 6) is -0.697. The van der Waals surface area contributed by atoms with Crippen molar-refractivity contribution in [1.29, 1.82) is 0 Å². The molecule has 5 nitrogen and oxygen atoms in total. The monoisotopic (exact) mass is 229 g/mol. The van der Waals surface area contributed by atoms with Crippen LogP contribution in [0.25, 0.3) is 0 Å². The smallest absolute Gasteiger partial charge is 0.307 e. The van der Waals surface area contributed by atoms with E-state index in [1.165, 1.54) is 7.11 Å². The highest BCUT2D eigenvalue weighted by atomic mass is 35.5. The molecule has 0 aromatic carbocycles. The maximum Gasteiger partial charge on any atom is 0.307 e. The first kappa shape index (κ1) is 12.7. The molecule has 0 aromatic heterocycles. The Morgan fingerprint density at radius 1 is 1.54 bits per heavy atom. The first-order chi connectivity index (χ1) is 5.37. The van der Waals surface area contributed by atoms with E-state index in [2.05, 4.69) is 4.74 Å². The number of carbonyl (C=O) groups excluding carboxylic acids is 1. The molecule has 1 heterocycles. The summed E-state index contributed by atoms with van der Waals surface area (Å²) in [7, 11) is -1.73. The molecule has 13 heavy (non-hydrogen) atoms. The molecule has 1 rings (SSSR count). The highest BCUT2D eigenvalue weighted by Gasteiger charge is 2.46. The molecular weight excluding hydrogens is 218 g/mol. The highest BCUT2D eigenvalue weighted by Crippen LogP contribution is 2.24. The Hall–Kier alpha value is -0.330. The van der Waals surface area contributed by atoms with Crippen LogP contribution in [0.2, 0.25) is 0 Å². The number of halogens is 1. The third kappa shape index (κ3) is 3.13. The van der Waals surface area contributed by atoms with Gasteiger partial charge in [0.1, 0.15) is 0 Å². The zero-order valence-corrected chi connectivity index (χ0v) is 8.78. The molecule has 78 valence electrons. The van der Waals surface area contributed by atoms with Crippen LogP contribution in [0.15, 0.2) is 0 Å². The van der Waals surface area contributed by atoms with Gasteiger partial charge < -0.3 is 10.5 Å². The minimum absolute atomic E-state index is 0. The summed E-state index contributed by atoms with van der Waals surface area (Å²) in [6.45, 7) is 0. The lowest BCUT2D eigenvalue weighted by atomic mass is 10.0. The van der Waals surface area contributed by atoms with Crippen LogP contribution in [0.3, 0.4) is 0 Å². The van der Waals surface area contributed by atoms with Crippen LogP contribution >= 0.6 is 12.4 Å². The summed E-state index contributed by atoms with van der Waals surface area (Å²) in [4.78, 5) is 10.7. The Kier molecular flexibility index (Phi) is 3.71.